The van der Waals surface area contributed by atoms with Gasteiger partial charge in [0.2, 0.25) is 0 Å². The highest BCUT2D eigenvalue weighted by Crippen LogP contribution is 2.13. The molecule has 0 spiro atoms. The lowest BCUT2D eigenvalue weighted by atomic mass is 10.4. The minimum Gasteiger partial charge on any atom is -0.311 e. The molecule has 0 aromatic rings. The third-order valence-corrected chi connectivity index (χ3v) is 2.08. The van der Waals surface area contributed by atoms with E-state index in [1.807, 2.05) is 11.8 Å². The highest BCUT2D eigenvalue weighted by Gasteiger charge is 2.05. The number of hydrogen-bond donors (Lipinski definition) is 1. The van der Waals surface area contributed by atoms with Crippen LogP contribution in [0.25, 0.3) is 0 Å². The third kappa shape index (κ3) is 1.70. The molecule has 0 saturated carbocycles. The van der Waals surface area contributed by atoms with Crippen LogP contribution in [-0.4, -0.2) is 17.5 Å². The lowest BCUT2D eigenvalue weighted by Crippen LogP contribution is -2.25. The molecule has 0 aromatic carbocycles. The fraction of sp³-hybridized carbons (Fsp3) is 0.800. The van der Waals surface area contributed by atoms with Gasteiger partial charge in [-0.15, -0.1) is 0 Å². The van der Waals surface area contributed by atoms with Crippen LogP contribution < -0.4 is 5.32 Å². The van der Waals surface area contributed by atoms with Crippen LogP contribution in [0.4, 0.5) is 0 Å². The van der Waals surface area contributed by atoms with Crippen LogP contribution in [0.3, 0.4) is 0 Å². The van der Waals surface area contributed by atoms with Gasteiger partial charge in [-0.2, -0.15) is 11.8 Å². The van der Waals surface area contributed by atoms with Crippen molar-refractivity contribution in [1.82, 2.24) is 5.32 Å². The summed E-state index contributed by atoms with van der Waals surface area (Å²) in [6.45, 7) is 5.50. The summed E-state index contributed by atoms with van der Waals surface area (Å²) in [5.74, 6) is 1.26. The van der Waals surface area contributed by atoms with Gasteiger partial charge in [-0.05, 0) is 0 Å². The summed E-state index contributed by atoms with van der Waals surface area (Å²) in [6, 6.07) is 0. The lowest BCUT2D eigenvalue weighted by Gasteiger charge is -2.16. The summed E-state index contributed by atoms with van der Waals surface area (Å²) < 4.78 is 0. The van der Waals surface area contributed by atoms with E-state index in [0.29, 0.717) is 5.25 Å². The van der Waals surface area contributed by atoms with Gasteiger partial charge in [-0.3, -0.25) is 0 Å². The van der Waals surface area contributed by atoms with E-state index in [4.69, 9.17) is 0 Å². The van der Waals surface area contributed by atoms with Crippen LogP contribution in [0.2, 0.25) is 0 Å². The molecule has 2 heteroatoms. The van der Waals surface area contributed by atoms with E-state index >= 15 is 0 Å². The maximum absolute atomic E-state index is 3.19. The Bertz CT molecular complexity index is 50.0. The van der Waals surface area contributed by atoms with Gasteiger partial charge >= 0.3 is 0 Å². The molecule has 1 unspecified atom stereocenters. The van der Waals surface area contributed by atoms with E-state index in [-0.39, 0.29) is 0 Å². The zero-order valence-electron chi connectivity index (χ0n) is 4.48. The zero-order valence-corrected chi connectivity index (χ0v) is 5.29. The molecule has 0 bridgehead atoms. The van der Waals surface area contributed by atoms with Gasteiger partial charge < -0.3 is 5.32 Å². The van der Waals surface area contributed by atoms with Crippen molar-refractivity contribution >= 4 is 11.8 Å². The minimum absolute atomic E-state index is 0.716. The van der Waals surface area contributed by atoms with E-state index < -0.39 is 0 Å². The predicted molar refractivity (Wildman–Crippen MR) is 34.2 cm³/mol. The summed E-state index contributed by atoms with van der Waals surface area (Å²) in [7, 11) is 0. The molecule has 1 saturated heterocycles. The van der Waals surface area contributed by atoms with Crippen LogP contribution in [-0.2, 0) is 0 Å². The van der Waals surface area contributed by atoms with Gasteiger partial charge in [-0.1, -0.05) is 6.92 Å². The van der Waals surface area contributed by atoms with Crippen molar-refractivity contribution in [1.29, 1.82) is 0 Å². The van der Waals surface area contributed by atoms with Crippen LogP contribution in [0.5, 0.6) is 0 Å². The fourth-order valence-electron chi connectivity index (χ4n) is 0.601. The Morgan fingerprint density at radius 3 is 3.00 bits per heavy atom. The Balaban J connectivity index is 2.12. The molecule has 1 atom stereocenters. The summed E-state index contributed by atoms with van der Waals surface area (Å²) in [4.78, 5) is 0. The normalized spacial score (nSPS) is 33.0. The summed E-state index contributed by atoms with van der Waals surface area (Å²) in [5.41, 5.74) is 0. The molecule has 1 heterocycles. The highest BCUT2D eigenvalue weighted by molar-refractivity contribution is 8.00. The second-order valence-corrected chi connectivity index (χ2v) is 3.18. The topological polar surface area (TPSA) is 12.0 Å². The molecule has 0 aliphatic carbocycles. The number of thioether (sulfide) groups is 1. The summed E-state index contributed by atoms with van der Waals surface area (Å²) in [6.07, 6.45) is 0. The van der Waals surface area contributed by atoms with Gasteiger partial charge in [0.1, 0.15) is 0 Å². The van der Waals surface area contributed by atoms with Crippen LogP contribution >= 0.6 is 11.8 Å². The molecule has 41 valence electrons. The third-order valence-electron chi connectivity index (χ3n) is 0.980. The van der Waals surface area contributed by atoms with E-state index in [9.17, 15) is 0 Å². The lowest BCUT2D eigenvalue weighted by molar-refractivity contribution is 0.788. The van der Waals surface area contributed by atoms with E-state index in [1.165, 1.54) is 5.75 Å². The first-order chi connectivity index (χ1) is 3.39. The monoisotopic (exact) mass is 116 g/mol. The standard InChI is InChI=1S/C5H10NS/c1-5-4-6-2-3-7-5/h4-6H,2-3H2,1H3. The van der Waals surface area contributed by atoms with E-state index in [1.54, 1.807) is 0 Å². The van der Waals surface area contributed by atoms with Gasteiger partial charge in [0.05, 0.1) is 0 Å². The van der Waals surface area contributed by atoms with Crippen molar-refractivity contribution in [3.8, 4) is 0 Å². The van der Waals surface area contributed by atoms with Crippen LogP contribution in [0.1, 0.15) is 6.92 Å². The molecule has 1 rings (SSSR count). The van der Waals surface area contributed by atoms with Crippen molar-refractivity contribution in [2.45, 2.75) is 12.2 Å². The molecule has 7 heavy (non-hydrogen) atoms. The minimum atomic E-state index is 0.716. The Hall–Kier alpha value is 0.310. The molecule has 1 aliphatic heterocycles. The molecular formula is C5H10NS. The second kappa shape index (κ2) is 2.58. The maximum Gasteiger partial charge on any atom is 0.0348 e. The molecule has 1 aliphatic rings. The average Bonchev–Trinajstić information content (AvgIpc) is 1.69. The molecule has 1 nitrogen and oxygen atoms in total. The maximum atomic E-state index is 3.19. The van der Waals surface area contributed by atoms with Crippen molar-refractivity contribution in [2.75, 3.05) is 12.3 Å². The highest BCUT2D eigenvalue weighted by atomic mass is 32.2. The zero-order chi connectivity index (χ0) is 5.11. The van der Waals surface area contributed by atoms with E-state index in [0.717, 1.165) is 6.54 Å². The quantitative estimate of drug-likeness (QED) is 0.504. The Labute approximate surface area is 48.9 Å². The Morgan fingerprint density at radius 2 is 2.71 bits per heavy atom. The van der Waals surface area contributed by atoms with Crippen LogP contribution in [0.15, 0.2) is 0 Å². The molecule has 1 fully saturated rings. The second-order valence-electron chi connectivity index (χ2n) is 1.70. The first-order valence-corrected chi connectivity index (χ1v) is 3.63. The number of rotatable bonds is 0. The molecular weight excluding hydrogens is 106 g/mol. The van der Waals surface area contributed by atoms with Crippen molar-refractivity contribution < 1.29 is 0 Å². The summed E-state index contributed by atoms with van der Waals surface area (Å²) >= 11 is 2.00. The van der Waals surface area contributed by atoms with E-state index in [2.05, 4.69) is 18.8 Å². The summed E-state index contributed by atoms with van der Waals surface area (Å²) in [5, 5.41) is 3.91. The first-order valence-electron chi connectivity index (χ1n) is 2.58. The Morgan fingerprint density at radius 1 is 1.86 bits per heavy atom. The molecule has 0 amide bonds. The first kappa shape index (κ1) is 5.45. The number of nitrogens with one attached hydrogen (secondary N) is 1. The molecule has 0 aromatic heterocycles. The fourth-order valence-corrected chi connectivity index (χ4v) is 1.40. The predicted octanol–water partition coefficient (Wildman–Crippen LogP) is 0.873. The van der Waals surface area contributed by atoms with Crippen molar-refractivity contribution in [3.63, 3.8) is 0 Å². The van der Waals surface area contributed by atoms with Crippen molar-refractivity contribution in [3.05, 3.63) is 6.54 Å². The van der Waals surface area contributed by atoms with Gasteiger partial charge in [0.15, 0.2) is 0 Å². The van der Waals surface area contributed by atoms with Crippen LogP contribution in [0, 0.1) is 6.54 Å². The van der Waals surface area contributed by atoms with Gasteiger partial charge in [0.25, 0.3) is 0 Å². The average molecular weight is 116 g/mol. The SMILES string of the molecule is CC1[CH]NCCS1. The Kier molecular flexibility index (Phi) is 2.00. The van der Waals surface area contributed by atoms with Crippen molar-refractivity contribution in [2.24, 2.45) is 0 Å². The smallest absolute Gasteiger partial charge is 0.0348 e. The largest absolute Gasteiger partial charge is 0.311 e. The van der Waals surface area contributed by atoms with Gasteiger partial charge in [0, 0.05) is 24.1 Å². The molecule has 1 radical (unpaired) electrons. The molecule has 1 N–H and O–H groups in total. The number of hydrogen-bond acceptors (Lipinski definition) is 2. The van der Waals surface area contributed by atoms with Gasteiger partial charge in [-0.25, -0.2) is 0 Å².